The molecule has 8 nitrogen and oxygen atoms in total. The molecule has 0 aliphatic carbocycles. The molecule has 0 spiro atoms. The lowest BCUT2D eigenvalue weighted by molar-refractivity contribution is -0.150. The lowest BCUT2D eigenvalue weighted by Gasteiger charge is -2.14. The molecule has 0 aromatic carbocycles. The predicted molar refractivity (Wildman–Crippen MR) is 66.7 cm³/mol. The van der Waals surface area contributed by atoms with E-state index >= 15 is 0 Å². The van der Waals surface area contributed by atoms with Gasteiger partial charge in [-0.05, 0) is 19.1 Å². The quantitative estimate of drug-likeness (QED) is 0.580. The summed E-state index contributed by atoms with van der Waals surface area (Å²) in [5.74, 6) is -1.85. The highest BCUT2D eigenvalue weighted by Gasteiger charge is 2.21. The first kappa shape index (κ1) is 15.7. The van der Waals surface area contributed by atoms with E-state index in [2.05, 4.69) is 15.4 Å². The Morgan fingerprint density at radius 2 is 2.15 bits per heavy atom. The Morgan fingerprint density at radius 1 is 1.45 bits per heavy atom. The largest absolute Gasteiger partial charge is 0.467 e. The number of ether oxygens (including phenoxy) is 1. The molecule has 0 saturated carbocycles. The highest BCUT2D eigenvalue weighted by atomic mass is 16.5. The van der Waals surface area contributed by atoms with Crippen LogP contribution >= 0.6 is 0 Å². The van der Waals surface area contributed by atoms with Crippen molar-refractivity contribution in [2.24, 2.45) is 0 Å². The summed E-state index contributed by atoms with van der Waals surface area (Å²) >= 11 is 0. The minimum atomic E-state index is -1.45. The highest BCUT2D eigenvalue weighted by molar-refractivity contribution is 5.95. The first-order valence-electron chi connectivity index (χ1n) is 5.83. The van der Waals surface area contributed by atoms with Gasteiger partial charge in [0.25, 0.3) is 5.91 Å². The van der Waals surface area contributed by atoms with E-state index in [0.717, 1.165) is 7.11 Å². The number of carbonyl (C=O) groups excluding carboxylic acids is 3. The minimum absolute atomic E-state index is 0.0826. The highest BCUT2D eigenvalue weighted by Crippen LogP contribution is 2.00. The second-order valence-electron chi connectivity index (χ2n) is 3.96. The van der Waals surface area contributed by atoms with Crippen LogP contribution in [0, 0.1) is 0 Å². The van der Waals surface area contributed by atoms with Crippen molar-refractivity contribution < 1.29 is 28.6 Å². The zero-order valence-corrected chi connectivity index (χ0v) is 11.1. The van der Waals surface area contributed by atoms with Gasteiger partial charge < -0.3 is 24.9 Å². The molecule has 110 valence electrons. The van der Waals surface area contributed by atoms with E-state index in [1.807, 2.05) is 0 Å². The van der Waals surface area contributed by atoms with Gasteiger partial charge >= 0.3 is 5.97 Å². The molecule has 2 atom stereocenters. The van der Waals surface area contributed by atoms with Gasteiger partial charge in [-0.25, -0.2) is 4.79 Å². The van der Waals surface area contributed by atoms with Gasteiger partial charge in [-0.2, -0.15) is 0 Å². The zero-order valence-electron chi connectivity index (χ0n) is 11.1. The molecule has 1 aromatic heterocycles. The second kappa shape index (κ2) is 7.29. The number of hydrogen-bond acceptors (Lipinski definition) is 6. The van der Waals surface area contributed by atoms with Gasteiger partial charge in [-0.15, -0.1) is 0 Å². The topological polar surface area (TPSA) is 118 Å². The van der Waals surface area contributed by atoms with Crippen molar-refractivity contribution in [2.45, 2.75) is 19.1 Å². The van der Waals surface area contributed by atoms with Crippen molar-refractivity contribution in [3.05, 3.63) is 24.2 Å². The van der Waals surface area contributed by atoms with Crippen molar-refractivity contribution in [3.63, 3.8) is 0 Å². The number of amides is 2. The molecule has 0 aliphatic rings. The maximum Gasteiger partial charge on any atom is 0.336 e. The SMILES string of the molecule is COC(=O)C(O)CNC(=O)C(C)NC(=O)c1ccco1. The van der Waals surface area contributed by atoms with Crippen LogP contribution < -0.4 is 10.6 Å². The van der Waals surface area contributed by atoms with Crippen molar-refractivity contribution in [3.8, 4) is 0 Å². The number of hydrogen-bond donors (Lipinski definition) is 3. The van der Waals surface area contributed by atoms with Crippen LogP contribution in [0.1, 0.15) is 17.5 Å². The fourth-order valence-corrected chi connectivity index (χ4v) is 1.31. The molecule has 2 amide bonds. The van der Waals surface area contributed by atoms with Gasteiger partial charge in [0.15, 0.2) is 11.9 Å². The van der Waals surface area contributed by atoms with E-state index in [0.29, 0.717) is 0 Å². The number of aliphatic hydroxyl groups is 1. The molecule has 0 radical (unpaired) electrons. The number of rotatable bonds is 6. The van der Waals surface area contributed by atoms with Crippen LogP contribution in [-0.2, 0) is 14.3 Å². The van der Waals surface area contributed by atoms with Crippen molar-refractivity contribution in [1.82, 2.24) is 10.6 Å². The van der Waals surface area contributed by atoms with Crippen molar-refractivity contribution >= 4 is 17.8 Å². The van der Waals surface area contributed by atoms with Crippen LogP contribution in [0.3, 0.4) is 0 Å². The molecule has 0 aliphatic heterocycles. The summed E-state index contributed by atoms with van der Waals surface area (Å²) in [7, 11) is 1.12. The van der Waals surface area contributed by atoms with E-state index in [4.69, 9.17) is 4.42 Å². The van der Waals surface area contributed by atoms with Crippen LogP contribution in [0.5, 0.6) is 0 Å². The average Bonchev–Trinajstić information content (AvgIpc) is 2.97. The Kier molecular flexibility index (Phi) is 5.73. The Balaban J connectivity index is 2.40. The summed E-state index contributed by atoms with van der Waals surface area (Å²) in [5.41, 5.74) is 0. The number of methoxy groups -OCH3 is 1. The summed E-state index contributed by atoms with van der Waals surface area (Å²) in [6.07, 6.45) is -0.108. The monoisotopic (exact) mass is 284 g/mol. The minimum Gasteiger partial charge on any atom is -0.467 e. The summed E-state index contributed by atoms with van der Waals surface area (Å²) in [5, 5.41) is 14.0. The molecule has 1 rings (SSSR count). The average molecular weight is 284 g/mol. The zero-order chi connectivity index (χ0) is 15.1. The molecule has 0 saturated heterocycles. The van der Waals surface area contributed by atoms with E-state index in [-0.39, 0.29) is 12.3 Å². The normalized spacial score (nSPS) is 13.2. The molecular weight excluding hydrogens is 268 g/mol. The van der Waals surface area contributed by atoms with Crippen molar-refractivity contribution in [1.29, 1.82) is 0 Å². The standard InChI is InChI=1S/C12H16N2O6/c1-7(14-11(17)9-4-3-5-20-9)10(16)13-6-8(15)12(18)19-2/h3-5,7-8,15H,6H2,1-2H3,(H,13,16)(H,14,17). The van der Waals surface area contributed by atoms with Gasteiger partial charge in [0.05, 0.1) is 19.9 Å². The first-order valence-corrected chi connectivity index (χ1v) is 5.83. The maximum atomic E-state index is 11.6. The molecule has 20 heavy (non-hydrogen) atoms. The molecule has 2 unspecified atom stereocenters. The summed E-state index contributed by atoms with van der Waals surface area (Å²) < 4.78 is 9.17. The fraction of sp³-hybridized carbons (Fsp3) is 0.417. The number of nitrogens with one attached hydrogen (secondary N) is 2. The molecule has 8 heteroatoms. The van der Waals surface area contributed by atoms with Gasteiger partial charge in [0.2, 0.25) is 5.91 Å². The van der Waals surface area contributed by atoms with Crippen LogP contribution in [0.15, 0.2) is 22.8 Å². The van der Waals surface area contributed by atoms with E-state index in [1.165, 1.54) is 19.3 Å². The Bertz CT molecular complexity index is 470. The first-order chi connectivity index (χ1) is 9.45. The lowest BCUT2D eigenvalue weighted by Crippen LogP contribution is -2.47. The summed E-state index contributed by atoms with van der Waals surface area (Å²) in [6.45, 7) is 1.16. The third-order valence-electron chi connectivity index (χ3n) is 2.43. The fourth-order valence-electron chi connectivity index (χ4n) is 1.31. The molecule has 1 heterocycles. The number of aliphatic hydroxyl groups excluding tert-OH is 1. The molecular formula is C12H16N2O6. The predicted octanol–water partition coefficient (Wildman–Crippen LogP) is -0.952. The number of carbonyl (C=O) groups is 3. The van der Waals surface area contributed by atoms with Gasteiger partial charge in [0.1, 0.15) is 6.04 Å². The summed E-state index contributed by atoms with van der Waals surface area (Å²) in [6, 6.07) is 2.16. The van der Waals surface area contributed by atoms with Crippen LogP contribution in [0.2, 0.25) is 0 Å². The molecule has 3 N–H and O–H groups in total. The molecule has 0 fully saturated rings. The van der Waals surface area contributed by atoms with E-state index in [9.17, 15) is 19.5 Å². The van der Waals surface area contributed by atoms with Gasteiger partial charge in [0, 0.05) is 0 Å². The second-order valence-corrected chi connectivity index (χ2v) is 3.96. The Labute approximate surface area is 115 Å². The van der Waals surface area contributed by atoms with Crippen LogP contribution in [-0.4, -0.2) is 48.7 Å². The maximum absolute atomic E-state index is 11.6. The van der Waals surface area contributed by atoms with Crippen LogP contribution in [0.4, 0.5) is 0 Å². The molecule has 1 aromatic rings. The molecule has 0 bridgehead atoms. The van der Waals surface area contributed by atoms with E-state index < -0.39 is 29.9 Å². The Morgan fingerprint density at radius 3 is 2.70 bits per heavy atom. The third-order valence-corrected chi connectivity index (χ3v) is 2.43. The van der Waals surface area contributed by atoms with Crippen molar-refractivity contribution in [2.75, 3.05) is 13.7 Å². The number of furan rings is 1. The smallest absolute Gasteiger partial charge is 0.336 e. The van der Waals surface area contributed by atoms with Gasteiger partial charge in [-0.1, -0.05) is 0 Å². The summed E-state index contributed by atoms with van der Waals surface area (Å²) in [4.78, 5) is 34.2. The lowest BCUT2D eigenvalue weighted by atomic mass is 10.2. The third kappa shape index (κ3) is 4.39. The van der Waals surface area contributed by atoms with Crippen LogP contribution in [0.25, 0.3) is 0 Å². The number of esters is 1. The van der Waals surface area contributed by atoms with Gasteiger partial charge in [-0.3, -0.25) is 9.59 Å². The van der Waals surface area contributed by atoms with E-state index in [1.54, 1.807) is 6.07 Å². The Hall–Kier alpha value is -2.35.